The maximum atomic E-state index is 5.37. The standard InChI is InChI=1S/C19H20N4O/c1-24-15-6-4-5-14(13-15)18-16-7-2-3-8-17(16)21-19(22-18)23-11-9-20-10-12-23/h2-8,13,20H,9-12H2,1H3. The molecule has 3 aromatic rings. The Hall–Kier alpha value is -2.66. The number of hydrogen-bond donors (Lipinski definition) is 1. The van der Waals surface area contributed by atoms with E-state index in [1.807, 2.05) is 36.4 Å². The second-order valence-electron chi connectivity index (χ2n) is 5.86. The Morgan fingerprint density at radius 1 is 1.00 bits per heavy atom. The van der Waals surface area contributed by atoms with Gasteiger partial charge >= 0.3 is 0 Å². The number of methoxy groups -OCH3 is 1. The molecule has 0 radical (unpaired) electrons. The van der Waals surface area contributed by atoms with Gasteiger partial charge in [0, 0.05) is 37.1 Å². The molecule has 2 heterocycles. The monoisotopic (exact) mass is 320 g/mol. The quantitative estimate of drug-likeness (QED) is 0.804. The lowest BCUT2D eigenvalue weighted by atomic mass is 10.1. The van der Waals surface area contributed by atoms with Crippen LogP contribution in [-0.2, 0) is 0 Å². The van der Waals surface area contributed by atoms with E-state index in [9.17, 15) is 0 Å². The summed E-state index contributed by atoms with van der Waals surface area (Å²) in [5, 5.41) is 4.43. The van der Waals surface area contributed by atoms with Gasteiger partial charge in [-0.25, -0.2) is 9.97 Å². The van der Waals surface area contributed by atoms with E-state index >= 15 is 0 Å². The number of nitrogens with one attached hydrogen (secondary N) is 1. The SMILES string of the molecule is COc1cccc(-c2nc(N3CCNCC3)nc3ccccc23)c1. The van der Waals surface area contributed by atoms with Crippen LogP contribution >= 0.6 is 0 Å². The fourth-order valence-electron chi connectivity index (χ4n) is 3.06. The number of anilines is 1. The molecule has 5 heteroatoms. The second-order valence-corrected chi connectivity index (χ2v) is 5.86. The van der Waals surface area contributed by atoms with Crippen LogP contribution in [0.2, 0.25) is 0 Å². The van der Waals surface area contributed by atoms with E-state index in [1.54, 1.807) is 7.11 Å². The Bertz CT molecular complexity index is 859. The fourth-order valence-corrected chi connectivity index (χ4v) is 3.06. The highest BCUT2D eigenvalue weighted by molar-refractivity contribution is 5.93. The lowest BCUT2D eigenvalue weighted by Gasteiger charge is -2.28. The van der Waals surface area contributed by atoms with Crippen LogP contribution in [0.15, 0.2) is 48.5 Å². The zero-order chi connectivity index (χ0) is 16.4. The molecule has 0 atom stereocenters. The van der Waals surface area contributed by atoms with Crippen LogP contribution in [0.5, 0.6) is 5.75 Å². The number of para-hydroxylation sites is 1. The molecule has 122 valence electrons. The molecule has 0 amide bonds. The molecule has 0 unspecified atom stereocenters. The van der Waals surface area contributed by atoms with E-state index in [-0.39, 0.29) is 0 Å². The molecule has 1 aliphatic heterocycles. The Morgan fingerprint density at radius 3 is 2.67 bits per heavy atom. The molecule has 1 fully saturated rings. The molecule has 1 aromatic heterocycles. The van der Waals surface area contributed by atoms with Crippen LogP contribution in [0.1, 0.15) is 0 Å². The van der Waals surface area contributed by atoms with Crippen LogP contribution in [-0.4, -0.2) is 43.3 Å². The van der Waals surface area contributed by atoms with Gasteiger partial charge in [-0.2, -0.15) is 0 Å². The Morgan fingerprint density at radius 2 is 1.83 bits per heavy atom. The van der Waals surface area contributed by atoms with Crippen LogP contribution in [0, 0.1) is 0 Å². The van der Waals surface area contributed by atoms with Crippen molar-refractivity contribution in [2.75, 3.05) is 38.2 Å². The van der Waals surface area contributed by atoms with Gasteiger partial charge in [0.1, 0.15) is 5.75 Å². The van der Waals surface area contributed by atoms with E-state index in [4.69, 9.17) is 14.7 Å². The Labute approximate surface area is 141 Å². The van der Waals surface area contributed by atoms with Crippen molar-refractivity contribution >= 4 is 16.9 Å². The average Bonchev–Trinajstić information content (AvgIpc) is 2.68. The Kier molecular flexibility index (Phi) is 4.01. The summed E-state index contributed by atoms with van der Waals surface area (Å²) in [4.78, 5) is 11.9. The molecule has 24 heavy (non-hydrogen) atoms. The maximum Gasteiger partial charge on any atom is 0.226 e. The van der Waals surface area contributed by atoms with Crippen molar-refractivity contribution in [2.45, 2.75) is 0 Å². The van der Waals surface area contributed by atoms with Crippen molar-refractivity contribution in [1.29, 1.82) is 0 Å². The summed E-state index contributed by atoms with van der Waals surface area (Å²) in [5.41, 5.74) is 2.97. The van der Waals surface area contributed by atoms with E-state index in [0.29, 0.717) is 0 Å². The minimum absolute atomic E-state index is 0.799. The minimum atomic E-state index is 0.799. The lowest BCUT2D eigenvalue weighted by molar-refractivity contribution is 0.415. The predicted molar refractivity (Wildman–Crippen MR) is 96.6 cm³/mol. The number of nitrogens with zero attached hydrogens (tertiary/aromatic N) is 3. The van der Waals surface area contributed by atoms with Crippen LogP contribution in [0.25, 0.3) is 22.2 Å². The summed E-state index contributed by atoms with van der Waals surface area (Å²) >= 11 is 0. The molecule has 4 rings (SSSR count). The highest BCUT2D eigenvalue weighted by Crippen LogP contribution is 2.30. The van der Waals surface area contributed by atoms with Crippen LogP contribution in [0.4, 0.5) is 5.95 Å². The number of piperazine rings is 1. The third-order valence-electron chi connectivity index (χ3n) is 4.33. The zero-order valence-corrected chi connectivity index (χ0v) is 13.7. The summed E-state index contributed by atoms with van der Waals surface area (Å²) in [7, 11) is 1.68. The lowest BCUT2D eigenvalue weighted by Crippen LogP contribution is -2.44. The fraction of sp³-hybridized carbons (Fsp3) is 0.263. The molecule has 1 N–H and O–H groups in total. The first-order valence-corrected chi connectivity index (χ1v) is 8.22. The molecule has 1 aliphatic rings. The summed E-state index contributed by atoms with van der Waals surface area (Å²) in [6.45, 7) is 3.78. The molecule has 0 spiro atoms. The van der Waals surface area contributed by atoms with Gasteiger partial charge in [-0.05, 0) is 18.2 Å². The normalized spacial score (nSPS) is 14.8. The molecule has 2 aromatic carbocycles. The smallest absolute Gasteiger partial charge is 0.226 e. The van der Waals surface area contributed by atoms with Gasteiger partial charge < -0.3 is 15.0 Å². The van der Waals surface area contributed by atoms with E-state index in [2.05, 4.69) is 22.3 Å². The van der Waals surface area contributed by atoms with Gasteiger partial charge in [-0.1, -0.05) is 30.3 Å². The van der Waals surface area contributed by atoms with Gasteiger partial charge in [0.05, 0.1) is 18.3 Å². The topological polar surface area (TPSA) is 50.3 Å². The third-order valence-corrected chi connectivity index (χ3v) is 4.33. The van der Waals surface area contributed by atoms with Crippen LogP contribution in [0.3, 0.4) is 0 Å². The average molecular weight is 320 g/mol. The first kappa shape index (κ1) is 14.9. The van der Waals surface area contributed by atoms with Crippen molar-refractivity contribution in [3.05, 3.63) is 48.5 Å². The predicted octanol–water partition coefficient (Wildman–Crippen LogP) is 2.72. The van der Waals surface area contributed by atoms with Gasteiger partial charge in [0.15, 0.2) is 0 Å². The highest BCUT2D eigenvalue weighted by Gasteiger charge is 2.16. The minimum Gasteiger partial charge on any atom is -0.497 e. The van der Waals surface area contributed by atoms with Gasteiger partial charge in [0.25, 0.3) is 0 Å². The number of aromatic nitrogens is 2. The summed E-state index contributed by atoms with van der Waals surface area (Å²) in [6.07, 6.45) is 0. The first-order chi connectivity index (χ1) is 11.8. The van der Waals surface area contributed by atoms with Gasteiger partial charge in [-0.3, -0.25) is 0 Å². The summed E-state index contributed by atoms with van der Waals surface area (Å²) < 4.78 is 5.37. The molecular weight excluding hydrogens is 300 g/mol. The number of rotatable bonds is 3. The van der Waals surface area contributed by atoms with Crippen molar-refractivity contribution in [3.63, 3.8) is 0 Å². The molecule has 0 bridgehead atoms. The van der Waals surface area contributed by atoms with E-state index < -0.39 is 0 Å². The second kappa shape index (κ2) is 6.45. The number of fused-ring (bicyclic) bond motifs is 1. The molecule has 0 aliphatic carbocycles. The number of ether oxygens (including phenoxy) is 1. The summed E-state index contributed by atoms with van der Waals surface area (Å²) in [5.74, 6) is 1.63. The van der Waals surface area contributed by atoms with Crippen molar-refractivity contribution in [3.8, 4) is 17.0 Å². The third kappa shape index (κ3) is 2.78. The molecule has 1 saturated heterocycles. The van der Waals surface area contributed by atoms with Crippen molar-refractivity contribution in [2.24, 2.45) is 0 Å². The van der Waals surface area contributed by atoms with Crippen LogP contribution < -0.4 is 15.0 Å². The van der Waals surface area contributed by atoms with Crippen molar-refractivity contribution in [1.82, 2.24) is 15.3 Å². The molecular formula is C19H20N4O. The van der Waals surface area contributed by atoms with E-state index in [1.165, 1.54) is 0 Å². The van der Waals surface area contributed by atoms with Gasteiger partial charge in [0.2, 0.25) is 5.95 Å². The number of hydrogen-bond acceptors (Lipinski definition) is 5. The first-order valence-electron chi connectivity index (χ1n) is 8.22. The largest absolute Gasteiger partial charge is 0.497 e. The molecule has 0 saturated carbocycles. The zero-order valence-electron chi connectivity index (χ0n) is 13.7. The maximum absolute atomic E-state index is 5.37. The number of benzene rings is 2. The highest BCUT2D eigenvalue weighted by atomic mass is 16.5. The summed E-state index contributed by atoms with van der Waals surface area (Å²) in [6, 6.07) is 16.2. The van der Waals surface area contributed by atoms with E-state index in [0.717, 1.165) is 60.0 Å². The Balaban J connectivity index is 1.88. The van der Waals surface area contributed by atoms with Crippen molar-refractivity contribution < 1.29 is 4.74 Å². The van der Waals surface area contributed by atoms with Gasteiger partial charge in [-0.15, -0.1) is 0 Å². The molecule has 5 nitrogen and oxygen atoms in total.